The van der Waals surface area contributed by atoms with Crippen molar-refractivity contribution in [1.29, 1.82) is 0 Å². The Morgan fingerprint density at radius 3 is 2.04 bits per heavy atom. The monoisotopic (exact) mass is 330 g/mol. The van der Waals surface area contributed by atoms with E-state index in [1.165, 1.54) is 5.56 Å². The van der Waals surface area contributed by atoms with E-state index >= 15 is 0 Å². The molecule has 0 aliphatic rings. The highest BCUT2D eigenvalue weighted by atomic mass is 35.5. The summed E-state index contributed by atoms with van der Waals surface area (Å²) < 4.78 is 0. The van der Waals surface area contributed by atoms with Crippen LogP contribution in [0.3, 0.4) is 0 Å². The van der Waals surface area contributed by atoms with Gasteiger partial charge in [0, 0.05) is 18.1 Å². The molecule has 2 N–H and O–H groups in total. The van der Waals surface area contributed by atoms with Crippen LogP contribution in [0, 0.1) is 0 Å². The fraction of sp³-hybridized carbons (Fsp3) is 0.222. The molecule has 0 aliphatic heterocycles. The maximum Gasteiger partial charge on any atom is 0.309 e. The van der Waals surface area contributed by atoms with Gasteiger partial charge in [0.15, 0.2) is 0 Å². The van der Waals surface area contributed by atoms with Crippen molar-refractivity contribution in [2.75, 3.05) is 0 Å². The third-order valence-electron chi connectivity index (χ3n) is 3.49. The average molecular weight is 331 g/mol. The number of aryl methyl sites for hydroxylation is 1. The Morgan fingerprint density at radius 1 is 0.870 bits per heavy atom. The highest BCUT2D eigenvalue weighted by Gasteiger charge is 2.13. The summed E-state index contributed by atoms with van der Waals surface area (Å²) in [5.74, 6) is -1.33. The summed E-state index contributed by atoms with van der Waals surface area (Å²) in [6.07, 6.45) is 0.969. The fourth-order valence-electron chi connectivity index (χ4n) is 2.05. The van der Waals surface area contributed by atoms with E-state index in [9.17, 15) is 9.59 Å². The molecule has 0 spiro atoms. The van der Waals surface area contributed by atoms with Crippen LogP contribution in [0.5, 0.6) is 0 Å². The highest BCUT2D eigenvalue weighted by Crippen LogP contribution is 2.14. The van der Waals surface area contributed by atoms with Crippen molar-refractivity contribution >= 4 is 23.4 Å². The number of carbonyl (C=O) groups is 2. The van der Waals surface area contributed by atoms with Crippen LogP contribution in [0.15, 0.2) is 48.5 Å². The largest absolute Gasteiger partial charge is 0.344 e. The third kappa shape index (κ3) is 5.11. The van der Waals surface area contributed by atoms with Crippen LogP contribution in [0.4, 0.5) is 0 Å². The topological polar surface area (TPSA) is 58.2 Å². The molecule has 0 heterocycles. The van der Waals surface area contributed by atoms with Crippen LogP contribution in [-0.2, 0) is 29.1 Å². The smallest absolute Gasteiger partial charge is 0.309 e. The van der Waals surface area contributed by atoms with Gasteiger partial charge in [-0.25, -0.2) is 0 Å². The summed E-state index contributed by atoms with van der Waals surface area (Å²) in [6.45, 7) is 2.62. The van der Waals surface area contributed by atoms with E-state index in [2.05, 4.69) is 17.6 Å². The number of nitrogens with one attached hydrogen (secondary N) is 2. The summed E-state index contributed by atoms with van der Waals surface area (Å²) in [7, 11) is 0. The van der Waals surface area contributed by atoms with Crippen molar-refractivity contribution in [2.24, 2.45) is 0 Å². The molecule has 5 heteroatoms. The van der Waals surface area contributed by atoms with E-state index in [1.807, 2.05) is 36.4 Å². The highest BCUT2D eigenvalue weighted by molar-refractivity contribution is 6.35. The molecule has 0 aromatic heterocycles. The Labute approximate surface area is 140 Å². The molecule has 0 unspecified atom stereocenters. The van der Waals surface area contributed by atoms with E-state index in [-0.39, 0.29) is 6.54 Å². The van der Waals surface area contributed by atoms with Gasteiger partial charge in [-0.05, 0) is 29.2 Å². The lowest BCUT2D eigenvalue weighted by Gasteiger charge is -2.08. The van der Waals surface area contributed by atoms with Crippen LogP contribution >= 0.6 is 11.6 Å². The zero-order valence-electron chi connectivity index (χ0n) is 12.9. The van der Waals surface area contributed by atoms with Crippen molar-refractivity contribution < 1.29 is 9.59 Å². The molecule has 2 amide bonds. The first-order valence-electron chi connectivity index (χ1n) is 7.47. The minimum absolute atomic E-state index is 0.219. The fourth-order valence-corrected chi connectivity index (χ4v) is 2.26. The number of hydrogen-bond acceptors (Lipinski definition) is 2. The quantitative estimate of drug-likeness (QED) is 0.828. The Hall–Kier alpha value is -2.33. The molecule has 0 bridgehead atoms. The van der Waals surface area contributed by atoms with Crippen LogP contribution in [0.25, 0.3) is 0 Å². The average Bonchev–Trinajstić information content (AvgIpc) is 2.59. The van der Waals surface area contributed by atoms with Gasteiger partial charge in [-0.15, -0.1) is 0 Å². The molecule has 0 fully saturated rings. The zero-order valence-corrected chi connectivity index (χ0v) is 13.7. The summed E-state index contributed by atoms with van der Waals surface area (Å²) in [4.78, 5) is 23.6. The van der Waals surface area contributed by atoms with Crippen LogP contribution in [0.1, 0.15) is 23.6 Å². The molecule has 0 saturated heterocycles. The third-order valence-corrected chi connectivity index (χ3v) is 3.86. The number of rotatable bonds is 5. The van der Waals surface area contributed by atoms with E-state index in [1.54, 1.807) is 12.1 Å². The van der Waals surface area contributed by atoms with Gasteiger partial charge in [-0.3, -0.25) is 9.59 Å². The van der Waals surface area contributed by atoms with Gasteiger partial charge in [0.2, 0.25) is 0 Å². The SMILES string of the molecule is CCc1ccc(CNC(=O)C(=O)NCc2ccccc2Cl)cc1. The molecular weight excluding hydrogens is 312 g/mol. The Morgan fingerprint density at radius 2 is 1.43 bits per heavy atom. The van der Waals surface area contributed by atoms with Gasteiger partial charge < -0.3 is 10.6 Å². The van der Waals surface area contributed by atoms with Crippen molar-refractivity contribution in [1.82, 2.24) is 10.6 Å². The van der Waals surface area contributed by atoms with E-state index in [4.69, 9.17) is 11.6 Å². The summed E-state index contributed by atoms with van der Waals surface area (Å²) in [5, 5.41) is 5.72. The van der Waals surface area contributed by atoms with Crippen molar-refractivity contribution in [3.05, 3.63) is 70.2 Å². The number of halogens is 1. The first kappa shape index (κ1) is 17.0. The maximum atomic E-state index is 11.8. The second kappa shape index (κ2) is 8.34. The number of amides is 2. The first-order chi connectivity index (χ1) is 11.1. The van der Waals surface area contributed by atoms with Gasteiger partial charge in [0.25, 0.3) is 0 Å². The standard InChI is InChI=1S/C18H19ClN2O2/c1-2-13-7-9-14(10-8-13)11-20-17(22)18(23)21-12-15-5-3-4-6-16(15)19/h3-10H,2,11-12H2,1H3,(H,20,22)(H,21,23). The van der Waals surface area contributed by atoms with Gasteiger partial charge in [0.1, 0.15) is 0 Å². The number of hydrogen-bond donors (Lipinski definition) is 2. The van der Waals surface area contributed by atoms with Crippen molar-refractivity contribution in [3.63, 3.8) is 0 Å². The normalized spacial score (nSPS) is 10.2. The zero-order chi connectivity index (χ0) is 16.7. The second-order valence-corrected chi connectivity index (χ2v) is 5.53. The van der Waals surface area contributed by atoms with Gasteiger partial charge >= 0.3 is 11.8 Å². The lowest BCUT2D eigenvalue weighted by molar-refractivity contribution is -0.139. The van der Waals surface area contributed by atoms with Crippen LogP contribution in [-0.4, -0.2) is 11.8 Å². The first-order valence-corrected chi connectivity index (χ1v) is 7.85. The van der Waals surface area contributed by atoms with Crippen LogP contribution < -0.4 is 10.6 Å². The van der Waals surface area contributed by atoms with Crippen molar-refractivity contribution in [3.8, 4) is 0 Å². The number of benzene rings is 2. The van der Waals surface area contributed by atoms with Gasteiger partial charge in [-0.1, -0.05) is 61.0 Å². The Balaban J connectivity index is 1.80. The predicted molar refractivity (Wildman–Crippen MR) is 91.0 cm³/mol. The molecule has 0 saturated carbocycles. The van der Waals surface area contributed by atoms with Crippen LogP contribution in [0.2, 0.25) is 5.02 Å². The van der Waals surface area contributed by atoms with Gasteiger partial charge in [0.05, 0.1) is 0 Å². The molecule has 0 atom stereocenters. The maximum absolute atomic E-state index is 11.8. The molecular formula is C18H19ClN2O2. The molecule has 0 radical (unpaired) electrons. The lowest BCUT2D eigenvalue weighted by Crippen LogP contribution is -2.39. The molecule has 23 heavy (non-hydrogen) atoms. The molecule has 4 nitrogen and oxygen atoms in total. The summed E-state index contributed by atoms with van der Waals surface area (Å²) >= 11 is 6.00. The van der Waals surface area contributed by atoms with Crippen molar-refractivity contribution in [2.45, 2.75) is 26.4 Å². The molecule has 2 aromatic carbocycles. The van der Waals surface area contributed by atoms with E-state index in [0.717, 1.165) is 17.5 Å². The minimum atomic E-state index is -0.671. The van der Waals surface area contributed by atoms with E-state index in [0.29, 0.717) is 11.6 Å². The van der Waals surface area contributed by atoms with Gasteiger partial charge in [-0.2, -0.15) is 0 Å². The Bertz CT molecular complexity index is 684. The lowest BCUT2D eigenvalue weighted by atomic mass is 10.1. The summed E-state index contributed by atoms with van der Waals surface area (Å²) in [6, 6.07) is 15.1. The molecule has 0 aliphatic carbocycles. The molecule has 2 aromatic rings. The predicted octanol–water partition coefficient (Wildman–Crippen LogP) is 2.84. The number of carbonyl (C=O) groups excluding carboxylic acids is 2. The Kier molecular flexibility index (Phi) is 6.18. The van der Waals surface area contributed by atoms with E-state index < -0.39 is 11.8 Å². The minimum Gasteiger partial charge on any atom is -0.344 e. The molecule has 120 valence electrons. The summed E-state index contributed by atoms with van der Waals surface area (Å²) in [5.41, 5.74) is 2.96. The molecule has 2 rings (SSSR count). The second-order valence-electron chi connectivity index (χ2n) is 5.13.